The lowest BCUT2D eigenvalue weighted by molar-refractivity contribution is 0.165. The van der Waals surface area contributed by atoms with Gasteiger partial charge in [0.15, 0.2) is 0 Å². The molecule has 1 aromatic heterocycles. The highest BCUT2D eigenvalue weighted by molar-refractivity contribution is 5.04. The van der Waals surface area contributed by atoms with Gasteiger partial charge in [-0.15, -0.1) is 0 Å². The Kier molecular flexibility index (Phi) is 4.12. The Hall–Kier alpha value is -0.940. The van der Waals surface area contributed by atoms with E-state index in [1.165, 1.54) is 25.7 Å². The van der Waals surface area contributed by atoms with Crippen LogP contribution >= 0.6 is 0 Å². The number of nitrogens with zero attached hydrogens (tertiary/aromatic N) is 3. The van der Waals surface area contributed by atoms with Gasteiger partial charge in [-0.05, 0) is 46.7 Å². The van der Waals surface area contributed by atoms with Gasteiger partial charge in [0.1, 0.15) is 11.4 Å². The summed E-state index contributed by atoms with van der Waals surface area (Å²) in [7, 11) is 4.22. The molecule has 0 aliphatic heterocycles. The molecule has 0 atom stereocenters. The van der Waals surface area contributed by atoms with Gasteiger partial charge in [0.25, 0.3) is 0 Å². The van der Waals surface area contributed by atoms with Crippen molar-refractivity contribution in [1.82, 2.24) is 20.5 Å². The van der Waals surface area contributed by atoms with E-state index in [1.54, 1.807) is 0 Å². The lowest BCUT2D eigenvalue weighted by Crippen LogP contribution is -2.39. The third-order valence-electron chi connectivity index (χ3n) is 3.87. The molecule has 1 fully saturated rings. The van der Waals surface area contributed by atoms with Crippen LogP contribution in [0.15, 0.2) is 4.63 Å². The van der Waals surface area contributed by atoms with Crippen LogP contribution in [0.3, 0.4) is 0 Å². The van der Waals surface area contributed by atoms with Crippen LogP contribution in [0.2, 0.25) is 0 Å². The van der Waals surface area contributed by atoms with Crippen molar-refractivity contribution in [2.24, 2.45) is 0 Å². The molecular formula is C12H22N4O. The molecule has 0 radical (unpaired) electrons. The zero-order valence-electron chi connectivity index (χ0n) is 10.9. The minimum atomic E-state index is 0.663. The molecule has 5 nitrogen and oxygen atoms in total. The molecule has 1 aliphatic rings. The second-order valence-corrected chi connectivity index (χ2v) is 5.01. The first kappa shape index (κ1) is 12.5. The molecule has 0 unspecified atom stereocenters. The van der Waals surface area contributed by atoms with Crippen LogP contribution in [0, 0.1) is 6.92 Å². The smallest absolute Gasteiger partial charge is 0.122 e. The average Bonchev–Trinajstić information content (AvgIpc) is 2.75. The van der Waals surface area contributed by atoms with Crippen LogP contribution in [-0.4, -0.2) is 41.4 Å². The summed E-state index contributed by atoms with van der Waals surface area (Å²) in [5.74, 6) is 0. The fourth-order valence-electron chi connectivity index (χ4n) is 2.56. The summed E-state index contributed by atoms with van der Waals surface area (Å²) in [6, 6.07) is 1.37. The summed E-state index contributed by atoms with van der Waals surface area (Å²) >= 11 is 0. The number of hydrogen-bond donors (Lipinski definition) is 1. The predicted molar refractivity (Wildman–Crippen MR) is 65.6 cm³/mol. The quantitative estimate of drug-likeness (QED) is 0.858. The summed E-state index contributed by atoms with van der Waals surface area (Å²) in [6.07, 6.45) is 5.04. The minimum Gasteiger partial charge on any atom is -0.317 e. The number of aryl methyl sites for hydroxylation is 1. The van der Waals surface area contributed by atoms with Gasteiger partial charge in [-0.2, -0.15) is 0 Å². The molecule has 96 valence electrons. The fraction of sp³-hybridized carbons (Fsp3) is 0.833. The van der Waals surface area contributed by atoms with Crippen LogP contribution < -0.4 is 5.32 Å². The molecule has 0 aromatic carbocycles. The number of aromatic nitrogens is 2. The van der Waals surface area contributed by atoms with Gasteiger partial charge in [0, 0.05) is 18.6 Å². The molecule has 0 bridgehead atoms. The lowest BCUT2D eigenvalue weighted by Gasteiger charge is -2.34. The van der Waals surface area contributed by atoms with Gasteiger partial charge in [0.2, 0.25) is 0 Å². The Morgan fingerprint density at radius 3 is 2.53 bits per heavy atom. The first-order chi connectivity index (χ1) is 8.20. The van der Waals surface area contributed by atoms with Crippen molar-refractivity contribution >= 4 is 0 Å². The molecule has 1 N–H and O–H groups in total. The molecule has 0 saturated heterocycles. The van der Waals surface area contributed by atoms with Crippen LogP contribution in [0.5, 0.6) is 0 Å². The molecule has 1 heterocycles. The molecule has 1 aliphatic carbocycles. The first-order valence-corrected chi connectivity index (χ1v) is 6.36. The van der Waals surface area contributed by atoms with Crippen molar-refractivity contribution in [3.8, 4) is 0 Å². The van der Waals surface area contributed by atoms with Gasteiger partial charge in [0.05, 0.1) is 0 Å². The zero-order valence-corrected chi connectivity index (χ0v) is 10.9. The SMILES string of the molecule is CNC1CCC(N(C)Cc2nonc2C)CC1. The maximum absolute atomic E-state index is 4.73. The topological polar surface area (TPSA) is 54.2 Å². The molecule has 1 saturated carbocycles. The van der Waals surface area contributed by atoms with E-state index in [-0.39, 0.29) is 0 Å². The second kappa shape index (κ2) is 5.60. The summed E-state index contributed by atoms with van der Waals surface area (Å²) in [5.41, 5.74) is 1.86. The molecule has 17 heavy (non-hydrogen) atoms. The molecule has 0 spiro atoms. The molecule has 0 amide bonds. The van der Waals surface area contributed by atoms with E-state index in [0.717, 1.165) is 17.9 Å². The second-order valence-electron chi connectivity index (χ2n) is 5.01. The van der Waals surface area contributed by atoms with Gasteiger partial charge < -0.3 is 5.32 Å². The van der Waals surface area contributed by atoms with Crippen LogP contribution in [0.1, 0.15) is 37.1 Å². The summed E-state index contributed by atoms with van der Waals surface area (Å²) < 4.78 is 4.73. The van der Waals surface area contributed by atoms with Crippen molar-refractivity contribution in [2.45, 2.75) is 51.2 Å². The lowest BCUT2D eigenvalue weighted by atomic mass is 9.90. The van der Waals surface area contributed by atoms with Crippen molar-refractivity contribution in [1.29, 1.82) is 0 Å². The van der Waals surface area contributed by atoms with Gasteiger partial charge in [-0.1, -0.05) is 10.3 Å². The Morgan fingerprint density at radius 1 is 1.29 bits per heavy atom. The van der Waals surface area contributed by atoms with Crippen LogP contribution in [0.25, 0.3) is 0 Å². The van der Waals surface area contributed by atoms with E-state index in [0.29, 0.717) is 12.1 Å². The largest absolute Gasteiger partial charge is 0.317 e. The minimum absolute atomic E-state index is 0.663. The molecule has 2 rings (SSSR count). The Bertz CT molecular complexity index is 344. The highest BCUT2D eigenvalue weighted by Crippen LogP contribution is 2.23. The first-order valence-electron chi connectivity index (χ1n) is 6.36. The van der Waals surface area contributed by atoms with E-state index in [9.17, 15) is 0 Å². The van der Waals surface area contributed by atoms with Gasteiger partial charge in [-0.25, -0.2) is 4.63 Å². The fourth-order valence-corrected chi connectivity index (χ4v) is 2.56. The Morgan fingerprint density at radius 2 is 2.00 bits per heavy atom. The van der Waals surface area contributed by atoms with E-state index >= 15 is 0 Å². The summed E-state index contributed by atoms with van der Waals surface area (Å²) in [5, 5.41) is 11.1. The summed E-state index contributed by atoms with van der Waals surface area (Å²) in [4.78, 5) is 2.37. The number of nitrogens with one attached hydrogen (secondary N) is 1. The van der Waals surface area contributed by atoms with Crippen molar-refractivity contribution in [3.63, 3.8) is 0 Å². The van der Waals surface area contributed by atoms with Crippen molar-refractivity contribution < 1.29 is 4.63 Å². The number of rotatable bonds is 4. The summed E-state index contributed by atoms with van der Waals surface area (Å²) in [6.45, 7) is 2.78. The highest BCUT2D eigenvalue weighted by atomic mass is 16.6. The standard InChI is InChI=1S/C12H22N4O/c1-9-12(15-17-14-9)8-16(3)11-6-4-10(13-2)5-7-11/h10-11,13H,4-8H2,1-3H3. The average molecular weight is 238 g/mol. The highest BCUT2D eigenvalue weighted by Gasteiger charge is 2.23. The third kappa shape index (κ3) is 3.04. The van der Waals surface area contributed by atoms with Crippen LogP contribution in [-0.2, 0) is 6.54 Å². The van der Waals surface area contributed by atoms with E-state index in [2.05, 4.69) is 34.6 Å². The van der Waals surface area contributed by atoms with Crippen molar-refractivity contribution in [2.75, 3.05) is 14.1 Å². The third-order valence-corrected chi connectivity index (χ3v) is 3.87. The van der Waals surface area contributed by atoms with Crippen molar-refractivity contribution in [3.05, 3.63) is 11.4 Å². The number of hydrogen-bond acceptors (Lipinski definition) is 5. The van der Waals surface area contributed by atoms with E-state index in [4.69, 9.17) is 4.63 Å². The predicted octanol–water partition coefficient (Wildman–Crippen LogP) is 1.34. The molecular weight excluding hydrogens is 216 g/mol. The van der Waals surface area contributed by atoms with E-state index in [1.807, 2.05) is 6.92 Å². The normalized spacial score (nSPS) is 25.4. The zero-order chi connectivity index (χ0) is 12.3. The van der Waals surface area contributed by atoms with E-state index < -0.39 is 0 Å². The monoisotopic (exact) mass is 238 g/mol. The van der Waals surface area contributed by atoms with Gasteiger partial charge in [-0.3, -0.25) is 4.90 Å². The Labute approximate surface area is 103 Å². The molecule has 1 aromatic rings. The van der Waals surface area contributed by atoms with Crippen LogP contribution in [0.4, 0.5) is 0 Å². The van der Waals surface area contributed by atoms with Gasteiger partial charge >= 0.3 is 0 Å². The maximum atomic E-state index is 4.73. The Balaban J connectivity index is 1.85. The maximum Gasteiger partial charge on any atom is 0.122 e. The molecule has 5 heteroatoms.